The third-order valence-electron chi connectivity index (χ3n) is 8.10. The number of carbonyl (C=O) groups is 2. The van der Waals surface area contributed by atoms with E-state index in [1.807, 2.05) is 41.3 Å². The second-order valence-corrected chi connectivity index (χ2v) is 9.92. The maximum absolute atomic E-state index is 13.3. The number of ether oxygens (including phenoxy) is 1. The van der Waals surface area contributed by atoms with Gasteiger partial charge in [0.05, 0.1) is 0 Å². The minimum Gasteiger partial charge on any atom is -0.448 e. The van der Waals surface area contributed by atoms with Gasteiger partial charge < -0.3 is 9.64 Å². The molecule has 2 aliphatic heterocycles. The van der Waals surface area contributed by atoms with Crippen LogP contribution in [0.1, 0.15) is 58.6 Å². The maximum atomic E-state index is 13.3. The van der Waals surface area contributed by atoms with Crippen molar-refractivity contribution in [1.29, 1.82) is 0 Å². The zero-order valence-corrected chi connectivity index (χ0v) is 19.7. The molecule has 176 valence electrons. The van der Waals surface area contributed by atoms with Crippen LogP contribution in [0.5, 0.6) is 0 Å². The monoisotopic (exact) mass is 463 g/mol. The van der Waals surface area contributed by atoms with E-state index in [-0.39, 0.29) is 35.8 Å². The van der Waals surface area contributed by atoms with Crippen molar-refractivity contribution >= 4 is 18.0 Å². The van der Waals surface area contributed by atoms with E-state index < -0.39 is 0 Å². The number of piperidine rings is 1. The molecule has 0 N–H and O–H groups in total. The van der Waals surface area contributed by atoms with Gasteiger partial charge in [-0.3, -0.25) is 4.79 Å². The standard InChI is InChI=1S/C31H29NO3/c1-2-20-9-3-4-10-24(20)30(33)21-17-22-15-16-23(18-21)32(22)31(34)35-19-29-27-13-7-5-11-25(27)26-12-6-8-14-28(26)29/h2-14,21-23,29H,1,15-19H2. The van der Waals surface area contributed by atoms with E-state index in [4.69, 9.17) is 4.74 Å². The predicted octanol–water partition coefficient (Wildman–Crippen LogP) is 6.70. The van der Waals surface area contributed by atoms with Crippen molar-refractivity contribution in [1.82, 2.24) is 4.90 Å². The lowest BCUT2D eigenvalue weighted by Crippen LogP contribution is -2.48. The number of hydrogen-bond donors (Lipinski definition) is 0. The quantitative estimate of drug-likeness (QED) is 0.395. The van der Waals surface area contributed by atoms with Gasteiger partial charge in [-0.15, -0.1) is 0 Å². The first-order chi connectivity index (χ1) is 17.2. The molecule has 0 spiro atoms. The summed E-state index contributed by atoms with van der Waals surface area (Å²) < 4.78 is 5.97. The van der Waals surface area contributed by atoms with Crippen LogP contribution in [0.25, 0.3) is 17.2 Å². The molecular formula is C31H29NO3. The smallest absolute Gasteiger partial charge is 0.410 e. The first kappa shape index (κ1) is 21.8. The van der Waals surface area contributed by atoms with Crippen LogP contribution < -0.4 is 0 Å². The van der Waals surface area contributed by atoms with Crippen molar-refractivity contribution in [3.8, 4) is 11.1 Å². The Kier molecular flexibility index (Phi) is 5.52. The number of hydrogen-bond acceptors (Lipinski definition) is 3. The van der Waals surface area contributed by atoms with Crippen LogP contribution in [0.2, 0.25) is 0 Å². The molecule has 35 heavy (non-hydrogen) atoms. The summed E-state index contributed by atoms with van der Waals surface area (Å²) >= 11 is 0. The summed E-state index contributed by atoms with van der Waals surface area (Å²) in [5, 5.41) is 0. The van der Waals surface area contributed by atoms with Crippen LogP contribution in [0.3, 0.4) is 0 Å². The van der Waals surface area contributed by atoms with Gasteiger partial charge in [-0.25, -0.2) is 4.79 Å². The van der Waals surface area contributed by atoms with Crippen LogP contribution in [0, 0.1) is 5.92 Å². The molecule has 2 bridgehead atoms. The van der Waals surface area contributed by atoms with Gasteiger partial charge >= 0.3 is 6.09 Å². The molecule has 2 unspecified atom stereocenters. The minimum absolute atomic E-state index is 0.0542. The highest BCUT2D eigenvalue weighted by Gasteiger charge is 2.46. The van der Waals surface area contributed by atoms with Gasteiger partial charge in [0.2, 0.25) is 0 Å². The Morgan fingerprint density at radius 3 is 2.06 bits per heavy atom. The van der Waals surface area contributed by atoms with Gasteiger partial charge in [0.1, 0.15) is 6.61 Å². The number of rotatable bonds is 5. The number of benzene rings is 3. The fourth-order valence-corrected chi connectivity index (χ4v) is 6.48. The summed E-state index contributed by atoms with van der Waals surface area (Å²) in [6.45, 7) is 4.19. The number of nitrogens with zero attached hydrogens (tertiary/aromatic N) is 1. The summed E-state index contributed by atoms with van der Waals surface area (Å²) in [4.78, 5) is 28.5. The molecule has 2 saturated heterocycles. The molecule has 0 saturated carbocycles. The number of fused-ring (bicyclic) bond motifs is 5. The van der Waals surface area contributed by atoms with Crippen molar-refractivity contribution < 1.29 is 14.3 Å². The molecule has 0 radical (unpaired) electrons. The summed E-state index contributed by atoms with van der Waals surface area (Å²) in [6.07, 6.45) is 4.77. The van der Waals surface area contributed by atoms with Crippen LogP contribution in [-0.4, -0.2) is 35.5 Å². The zero-order chi connectivity index (χ0) is 23.9. The molecule has 2 atom stereocenters. The third-order valence-corrected chi connectivity index (χ3v) is 8.10. The SMILES string of the molecule is C=Cc1ccccc1C(=O)C1CC2CCC(C1)N2C(=O)OCC1c2ccccc2-c2ccccc21. The highest BCUT2D eigenvalue weighted by molar-refractivity contribution is 6.01. The summed E-state index contributed by atoms with van der Waals surface area (Å²) in [5.74, 6) is 0.161. The lowest BCUT2D eigenvalue weighted by Gasteiger charge is -2.38. The molecule has 4 heteroatoms. The van der Waals surface area contributed by atoms with Gasteiger partial charge in [0.25, 0.3) is 0 Å². The Morgan fingerprint density at radius 1 is 0.857 bits per heavy atom. The molecule has 1 amide bonds. The maximum Gasteiger partial charge on any atom is 0.410 e. The number of carbonyl (C=O) groups excluding carboxylic acids is 2. The van der Waals surface area contributed by atoms with E-state index in [0.717, 1.165) is 24.0 Å². The molecule has 1 aliphatic carbocycles. The van der Waals surface area contributed by atoms with E-state index in [0.29, 0.717) is 19.4 Å². The predicted molar refractivity (Wildman–Crippen MR) is 137 cm³/mol. The molecule has 3 aromatic rings. The van der Waals surface area contributed by atoms with E-state index >= 15 is 0 Å². The van der Waals surface area contributed by atoms with Crippen molar-refractivity contribution in [2.75, 3.05) is 6.61 Å². The fourth-order valence-electron chi connectivity index (χ4n) is 6.48. The normalized spacial score (nSPS) is 22.4. The van der Waals surface area contributed by atoms with Gasteiger partial charge in [0.15, 0.2) is 5.78 Å². The van der Waals surface area contributed by atoms with Gasteiger partial charge in [-0.1, -0.05) is 85.5 Å². The fraction of sp³-hybridized carbons (Fsp3) is 0.290. The molecule has 2 fully saturated rings. The molecule has 2 heterocycles. The third kappa shape index (κ3) is 3.68. The van der Waals surface area contributed by atoms with Crippen molar-refractivity contribution in [3.05, 3.63) is 102 Å². The van der Waals surface area contributed by atoms with E-state index in [9.17, 15) is 9.59 Å². The largest absolute Gasteiger partial charge is 0.448 e. The zero-order valence-electron chi connectivity index (χ0n) is 19.7. The van der Waals surface area contributed by atoms with E-state index in [1.54, 1.807) is 6.08 Å². The molecule has 3 aromatic carbocycles. The van der Waals surface area contributed by atoms with E-state index in [2.05, 4.69) is 43.0 Å². The van der Waals surface area contributed by atoms with Crippen LogP contribution in [0.15, 0.2) is 79.4 Å². The molecule has 3 aliphatic rings. The lowest BCUT2D eigenvalue weighted by atomic mass is 9.83. The highest BCUT2D eigenvalue weighted by Crippen LogP contribution is 2.45. The topological polar surface area (TPSA) is 46.6 Å². The second-order valence-electron chi connectivity index (χ2n) is 9.92. The second kappa shape index (κ2) is 8.84. The average molecular weight is 464 g/mol. The minimum atomic E-state index is -0.239. The van der Waals surface area contributed by atoms with Crippen molar-refractivity contribution in [2.45, 2.75) is 43.7 Å². The summed E-state index contributed by atoms with van der Waals surface area (Å²) in [6, 6.07) is 24.5. The Labute approximate surface area is 206 Å². The van der Waals surface area contributed by atoms with Crippen LogP contribution in [0.4, 0.5) is 4.79 Å². The lowest BCUT2D eigenvalue weighted by molar-refractivity contribution is 0.0506. The summed E-state index contributed by atoms with van der Waals surface area (Å²) in [7, 11) is 0. The molecule has 0 aromatic heterocycles. The Morgan fingerprint density at radius 2 is 1.43 bits per heavy atom. The van der Waals surface area contributed by atoms with Crippen molar-refractivity contribution in [3.63, 3.8) is 0 Å². The van der Waals surface area contributed by atoms with Gasteiger partial charge in [-0.05, 0) is 53.5 Å². The van der Waals surface area contributed by atoms with Crippen LogP contribution in [-0.2, 0) is 4.74 Å². The van der Waals surface area contributed by atoms with Gasteiger partial charge in [0, 0.05) is 29.5 Å². The Hall–Kier alpha value is -3.66. The number of ketones is 1. The Bertz CT molecular complexity index is 1250. The van der Waals surface area contributed by atoms with Gasteiger partial charge in [-0.2, -0.15) is 0 Å². The first-order valence-corrected chi connectivity index (χ1v) is 12.5. The van der Waals surface area contributed by atoms with Crippen molar-refractivity contribution in [2.24, 2.45) is 5.92 Å². The first-order valence-electron chi connectivity index (χ1n) is 12.5. The van der Waals surface area contributed by atoms with Crippen LogP contribution >= 0.6 is 0 Å². The number of Topliss-reactive ketones (excluding diaryl/α,β-unsaturated/α-hetero) is 1. The summed E-state index contributed by atoms with van der Waals surface area (Å²) in [5.41, 5.74) is 6.50. The average Bonchev–Trinajstić information content (AvgIpc) is 3.37. The number of amides is 1. The highest BCUT2D eigenvalue weighted by atomic mass is 16.6. The molecular weight excluding hydrogens is 434 g/mol. The molecule has 4 nitrogen and oxygen atoms in total. The van der Waals surface area contributed by atoms with E-state index in [1.165, 1.54) is 22.3 Å². The molecule has 6 rings (SSSR count). The Balaban J connectivity index is 1.15.